The van der Waals surface area contributed by atoms with Crippen molar-refractivity contribution >= 4 is 12.4 Å². The van der Waals surface area contributed by atoms with Crippen LogP contribution in [0, 0.1) is 0 Å². The zero-order valence-corrected chi connectivity index (χ0v) is 7.17. The van der Waals surface area contributed by atoms with Crippen LogP contribution in [0.2, 0.25) is 0 Å². The Hall–Kier alpha value is 0.250. The average Bonchev–Trinajstić information content (AvgIpc) is 1.81. The minimum absolute atomic E-state index is 0. The summed E-state index contributed by atoms with van der Waals surface area (Å²) in [6, 6.07) is 0. The molecule has 0 aliphatic heterocycles. The second kappa shape index (κ2) is 11.1. The SMILES string of the molecule is CCCCOCCC.Cl. The van der Waals surface area contributed by atoms with Gasteiger partial charge in [0.25, 0.3) is 0 Å². The Bertz CT molecular complexity index is 33.9. The number of rotatable bonds is 5. The molecule has 0 saturated heterocycles. The Kier molecular flexibility index (Phi) is 14.8. The van der Waals surface area contributed by atoms with E-state index in [0.29, 0.717) is 0 Å². The molecule has 9 heavy (non-hydrogen) atoms. The molecule has 0 aromatic carbocycles. The van der Waals surface area contributed by atoms with Crippen molar-refractivity contribution in [3.63, 3.8) is 0 Å². The summed E-state index contributed by atoms with van der Waals surface area (Å²) in [5.41, 5.74) is 0. The van der Waals surface area contributed by atoms with Crippen LogP contribution in [-0.2, 0) is 4.74 Å². The molecule has 0 aliphatic rings. The van der Waals surface area contributed by atoms with Gasteiger partial charge in [-0.3, -0.25) is 0 Å². The summed E-state index contributed by atoms with van der Waals surface area (Å²) < 4.78 is 5.22. The lowest BCUT2D eigenvalue weighted by molar-refractivity contribution is 0.132. The van der Waals surface area contributed by atoms with Crippen LogP contribution >= 0.6 is 12.4 Å². The standard InChI is InChI=1S/C7H16O.ClH/c1-3-5-7-8-6-4-2;/h3-7H2,1-2H3;1H. The Morgan fingerprint density at radius 3 is 2.11 bits per heavy atom. The highest BCUT2D eigenvalue weighted by atomic mass is 35.5. The zero-order valence-electron chi connectivity index (χ0n) is 6.35. The normalized spacial score (nSPS) is 8.67. The molecule has 0 atom stereocenters. The summed E-state index contributed by atoms with van der Waals surface area (Å²) in [6.07, 6.45) is 3.59. The lowest BCUT2D eigenvalue weighted by Crippen LogP contribution is -1.93. The molecule has 0 radical (unpaired) electrons. The Morgan fingerprint density at radius 2 is 1.67 bits per heavy atom. The molecular formula is C7H17ClO. The van der Waals surface area contributed by atoms with E-state index in [1.54, 1.807) is 0 Å². The quantitative estimate of drug-likeness (QED) is 0.551. The summed E-state index contributed by atoms with van der Waals surface area (Å²) in [5.74, 6) is 0. The third-order valence-electron chi connectivity index (χ3n) is 0.991. The van der Waals surface area contributed by atoms with E-state index in [1.165, 1.54) is 12.8 Å². The highest BCUT2D eigenvalue weighted by Gasteiger charge is 1.81. The fourth-order valence-corrected chi connectivity index (χ4v) is 0.493. The van der Waals surface area contributed by atoms with Gasteiger partial charge in [0.15, 0.2) is 0 Å². The zero-order chi connectivity index (χ0) is 6.24. The molecule has 1 nitrogen and oxygen atoms in total. The van der Waals surface area contributed by atoms with Gasteiger partial charge in [-0.15, -0.1) is 12.4 Å². The van der Waals surface area contributed by atoms with Crippen molar-refractivity contribution in [2.24, 2.45) is 0 Å². The molecule has 0 rings (SSSR count). The van der Waals surface area contributed by atoms with Crippen molar-refractivity contribution in [3.05, 3.63) is 0 Å². The highest BCUT2D eigenvalue weighted by molar-refractivity contribution is 5.85. The molecule has 0 spiro atoms. The van der Waals surface area contributed by atoms with Crippen molar-refractivity contribution < 1.29 is 4.74 Å². The van der Waals surface area contributed by atoms with Crippen molar-refractivity contribution in [2.45, 2.75) is 33.1 Å². The van der Waals surface area contributed by atoms with E-state index < -0.39 is 0 Å². The molecule has 58 valence electrons. The molecule has 0 aromatic rings. The molecule has 0 aliphatic carbocycles. The van der Waals surface area contributed by atoms with E-state index in [0.717, 1.165) is 19.6 Å². The second-order valence-corrected chi connectivity index (χ2v) is 1.97. The van der Waals surface area contributed by atoms with Gasteiger partial charge in [0.2, 0.25) is 0 Å². The van der Waals surface area contributed by atoms with Gasteiger partial charge < -0.3 is 4.74 Å². The Balaban J connectivity index is 0. The third kappa shape index (κ3) is 11.7. The van der Waals surface area contributed by atoms with Crippen molar-refractivity contribution in [3.8, 4) is 0 Å². The summed E-state index contributed by atoms with van der Waals surface area (Å²) >= 11 is 0. The smallest absolute Gasteiger partial charge is 0.0465 e. The highest BCUT2D eigenvalue weighted by Crippen LogP contribution is 1.87. The maximum absolute atomic E-state index is 5.22. The predicted molar refractivity (Wildman–Crippen MR) is 43.3 cm³/mol. The first kappa shape index (κ1) is 12.0. The summed E-state index contributed by atoms with van der Waals surface area (Å²) in [5, 5.41) is 0. The van der Waals surface area contributed by atoms with Crippen LogP contribution in [0.5, 0.6) is 0 Å². The van der Waals surface area contributed by atoms with Gasteiger partial charge >= 0.3 is 0 Å². The molecule has 0 heterocycles. The van der Waals surface area contributed by atoms with Crippen LogP contribution in [0.1, 0.15) is 33.1 Å². The molecule has 2 heteroatoms. The number of unbranched alkanes of at least 4 members (excludes halogenated alkanes) is 1. The second-order valence-electron chi connectivity index (χ2n) is 1.97. The van der Waals surface area contributed by atoms with Gasteiger partial charge in [-0.2, -0.15) is 0 Å². The fraction of sp³-hybridized carbons (Fsp3) is 1.00. The first-order valence-electron chi connectivity index (χ1n) is 3.49. The molecule has 0 unspecified atom stereocenters. The van der Waals surface area contributed by atoms with Gasteiger partial charge in [0.1, 0.15) is 0 Å². The van der Waals surface area contributed by atoms with Gasteiger partial charge in [-0.1, -0.05) is 20.3 Å². The summed E-state index contributed by atoms with van der Waals surface area (Å²) in [7, 11) is 0. The van der Waals surface area contributed by atoms with Crippen molar-refractivity contribution in [1.29, 1.82) is 0 Å². The number of hydrogen-bond donors (Lipinski definition) is 0. The predicted octanol–water partition coefficient (Wildman–Crippen LogP) is 2.63. The number of halogens is 1. The minimum Gasteiger partial charge on any atom is -0.381 e. The van der Waals surface area contributed by atoms with Crippen LogP contribution in [0.25, 0.3) is 0 Å². The van der Waals surface area contributed by atoms with E-state index in [-0.39, 0.29) is 12.4 Å². The van der Waals surface area contributed by atoms with Crippen molar-refractivity contribution in [2.75, 3.05) is 13.2 Å². The molecule has 0 bridgehead atoms. The van der Waals surface area contributed by atoms with Crippen LogP contribution in [0.3, 0.4) is 0 Å². The fourth-order valence-electron chi connectivity index (χ4n) is 0.493. The van der Waals surface area contributed by atoms with E-state index in [9.17, 15) is 0 Å². The first-order valence-corrected chi connectivity index (χ1v) is 3.49. The lowest BCUT2D eigenvalue weighted by Gasteiger charge is -1.97. The van der Waals surface area contributed by atoms with Crippen LogP contribution in [0.4, 0.5) is 0 Å². The average molecular weight is 153 g/mol. The summed E-state index contributed by atoms with van der Waals surface area (Å²) in [6.45, 7) is 6.19. The molecule has 0 aromatic heterocycles. The maximum atomic E-state index is 5.22. The lowest BCUT2D eigenvalue weighted by atomic mass is 10.4. The largest absolute Gasteiger partial charge is 0.381 e. The van der Waals surface area contributed by atoms with Gasteiger partial charge in [0, 0.05) is 13.2 Å². The Labute approximate surface area is 64.2 Å². The van der Waals surface area contributed by atoms with Crippen molar-refractivity contribution in [1.82, 2.24) is 0 Å². The van der Waals surface area contributed by atoms with Gasteiger partial charge in [-0.25, -0.2) is 0 Å². The van der Waals surface area contributed by atoms with Crippen LogP contribution in [-0.4, -0.2) is 13.2 Å². The van der Waals surface area contributed by atoms with Crippen LogP contribution in [0.15, 0.2) is 0 Å². The molecule has 0 amide bonds. The minimum atomic E-state index is 0. The first-order chi connectivity index (χ1) is 3.91. The third-order valence-corrected chi connectivity index (χ3v) is 0.991. The topological polar surface area (TPSA) is 9.23 Å². The van der Waals surface area contributed by atoms with E-state index in [1.807, 2.05) is 0 Å². The summed E-state index contributed by atoms with van der Waals surface area (Å²) in [4.78, 5) is 0. The molecule has 0 saturated carbocycles. The number of ether oxygens (including phenoxy) is 1. The number of hydrogen-bond acceptors (Lipinski definition) is 1. The Morgan fingerprint density at radius 1 is 1.00 bits per heavy atom. The van der Waals surface area contributed by atoms with E-state index >= 15 is 0 Å². The van der Waals surface area contributed by atoms with E-state index in [4.69, 9.17) is 4.74 Å². The molecule has 0 N–H and O–H groups in total. The molecule has 0 fully saturated rings. The van der Waals surface area contributed by atoms with Gasteiger partial charge in [-0.05, 0) is 12.8 Å². The maximum Gasteiger partial charge on any atom is 0.0465 e. The van der Waals surface area contributed by atoms with E-state index in [2.05, 4.69) is 13.8 Å². The van der Waals surface area contributed by atoms with Crippen LogP contribution < -0.4 is 0 Å². The monoisotopic (exact) mass is 152 g/mol. The van der Waals surface area contributed by atoms with Gasteiger partial charge in [0.05, 0.1) is 0 Å². The molecular weight excluding hydrogens is 136 g/mol.